The first-order valence-corrected chi connectivity index (χ1v) is 4.66. The minimum absolute atomic E-state index is 0.0640. The number of rotatable bonds is 2. The summed E-state index contributed by atoms with van der Waals surface area (Å²) in [5.41, 5.74) is -0.125. The van der Waals surface area contributed by atoms with E-state index >= 15 is 0 Å². The van der Waals surface area contributed by atoms with Crippen LogP contribution in [0.5, 0.6) is 0 Å². The van der Waals surface area contributed by atoms with Gasteiger partial charge < -0.3 is 5.11 Å². The van der Waals surface area contributed by atoms with E-state index in [1.165, 1.54) is 0 Å². The summed E-state index contributed by atoms with van der Waals surface area (Å²) in [6, 6.07) is 1.73. The molecule has 1 unspecified atom stereocenters. The lowest BCUT2D eigenvalue weighted by Gasteiger charge is -2.09. The van der Waals surface area contributed by atoms with Gasteiger partial charge in [0.15, 0.2) is 0 Å². The molecule has 0 spiro atoms. The number of aliphatic hydroxyl groups is 1. The van der Waals surface area contributed by atoms with E-state index in [1.54, 1.807) is 6.92 Å². The van der Waals surface area contributed by atoms with Crippen LogP contribution >= 0.6 is 11.6 Å². The molecule has 0 saturated heterocycles. The van der Waals surface area contributed by atoms with E-state index in [4.69, 9.17) is 11.6 Å². The van der Waals surface area contributed by atoms with Crippen molar-refractivity contribution in [2.45, 2.75) is 19.4 Å². The highest BCUT2D eigenvalue weighted by molar-refractivity contribution is 6.30. The first kappa shape index (κ1) is 12.0. The second kappa shape index (κ2) is 5.11. The van der Waals surface area contributed by atoms with E-state index in [1.807, 2.05) is 0 Å². The van der Waals surface area contributed by atoms with Crippen LogP contribution in [0.25, 0.3) is 0 Å². The molecular weight excluding hydrogens is 222 g/mol. The average Bonchev–Trinajstić information content (AvgIpc) is 2.20. The van der Waals surface area contributed by atoms with Gasteiger partial charge in [-0.05, 0) is 19.1 Å². The zero-order chi connectivity index (χ0) is 11.4. The maximum Gasteiger partial charge on any atom is 0.142 e. The van der Waals surface area contributed by atoms with Crippen molar-refractivity contribution in [1.82, 2.24) is 0 Å². The summed E-state index contributed by atoms with van der Waals surface area (Å²) in [5.74, 6) is 3.66. The molecular formula is C11H9ClF2O. The van der Waals surface area contributed by atoms with Gasteiger partial charge in [0.2, 0.25) is 0 Å². The van der Waals surface area contributed by atoms with Crippen LogP contribution in [-0.4, -0.2) is 5.11 Å². The highest BCUT2D eigenvalue weighted by atomic mass is 35.5. The highest BCUT2D eigenvalue weighted by Gasteiger charge is 2.15. The van der Waals surface area contributed by atoms with Gasteiger partial charge in [0.05, 0.1) is 11.1 Å². The van der Waals surface area contributed by atoms with Crippen molar-refractivity contribution in [3.63, 3.8) is 0 Å². The summed E-state index contributed by atoms with van der Waals surface area (Å²) in [4.78, 5) is 0. The molecule has 0 amide bonds. The quantitative estimate of drug-likeness (QED) is 0.612. The lowest BCUT2D eigenvalue weighted by Crippen LogP contribution is -2.01. The van der Waals surface area contributed by atoms with Gasteiger partial charge in [-0.15, -0.1) is 11.8 Å². The Bertz CT molecular complexity index is 421. The largest absolute Gasteiger partial charge is 0.387 e. The second-order valence-corrected chi connectivity index (χ2v) is 3.34. The minimum atomic E-state index is -1.13. The van der Waals surface area contributed by atoms with E-state index in [0.29, 0.717) is 0 Å². The molecule has 0 aliphatic carbocycles. The Labute approximate surface area is 91.7 Å². The van der Waals surface area contributed by atoms with E-state index in [0.717, 1.165) is 12.1 Å². The SMILES string of the molecule is CC#CCC(O)c1cc(F)c(Cl)cc1F. The second-order valence-electron chi connectivity index (χ2n) is 2.93. The molecule has 1 aromatic carbocycles. The molecule has 0 fully saturated rings. The van der Waals surface area contributed by atoms with E-state index in [2.05, 4.69) is 11.8 Å². The van der Waals surface area contributed by atoms with Crippen LogP contribution in [0, 0.1) is 23.5 Å². The maximum absolute atomic E-state index is 13.2. The van der Waals surface area contributed by atoms with Crippen molar-refractivity contribution >= 4 is 11.6 Å². The Morgan fingerprint density at radius 1 is 1.40 bits per heavy atom. The Hall–Kier alpha value is -1.11. The fraction of sp³-hybridized carbons (Fsp3) is 0.273. The van der Waals surface area contributed by atoms with Crippen molar-refractivity contribution in [2.24, 2.45) is 0 Å². The van der Waals surface area contributed by atoms with Crippen LogP contribution in [0.1, 0.15) is 25.0 Å². The predicted octanol–water partition coefficient (Wildman–Crippen LogP) is 3.07. The molecule has 1 aromatic rings. The van der Waals surface area contributed by atoms with Gasteiger partial charge in [0.1, 0.15) is 11.6 Å². The van der Waals surface area contributed by atoms with Crippen molar-refractivity contribution in [2.75, 3.05) is 0 Å². The molecule has 4 heteroatoms. The molecule has 1 N–H and O–H groups in total. The van der Waals surface area contributed by atoms with E-state index in [9.17, 15) is 13.9 Å². The van der Waals surface area contributed by atoms with Gasteiger partial charge in [-0.25, -0.2) is 8.78 Å². The maximum atomic E-state index is 13.2. The van der Waals surface area contributed by atoms with Gasteiger partial charge in [-0.2, -0.15) is 0 Å². The normalized spacial score (nSPS) is 11.8. The molecule has 0 aliphatic heterocycles. The van der Waals surface area contributed by atoms with Crippen LogP contribution in [0.4, 0.5) is 8.78 Å². The summed E-state index contributed by atoms with van der Waals surface area (Å²) in [6.07, 6.45) is -1.07. The molecule has 0 aliphatic rings. The summed E-state index contributed by atoms with van der Waals surface area (Å²) < 4.78 is 26.2. The van der Waals surface area contributed by atoms with Gasteiger partial charge in [-0.3, -0.25) is 0 Å². The summed E-state index contributed by atoms with van der Waals surface area (Å²) >= 11 is 5.37. The molecule has 0 radical (unpaired) electrons. The predicted molar refractivity (Wildman–Crippen MR) is 54.4 cm³/mol. The number of hydrogen-bond donors (Lipinski definition) is 1. The summed E-state index contributed by atoms with van der Waals surface area (Å²) in [5, 5.41) is 9.19. The fourth-order valence-electron chi connectivity index (χ4n) is 1.10. The van der Waals surface area contributed by atoms with Crippen molar-refractivity contribution in [1.29, 1.82) is 0 Å². The molecule has 15 heavy (non-hydrogen) atoms. The molecule has 0 saturated carbocycles. The monoisotopic (exact) mass is 230 g/mol. The van der Waals surface area contributed by atoms with Crippen molar-refractivity contribution in [3.05, 3.63) is 34.4 Å². The van der Waals surface area contributed by atoms with Gasteiger partial charge in [0.25, 0.3) is 0 Å². The molecule has 1 nitrogen and oxygen atoms in total. The lowest BCUT2D eigenvalue weighted by molar-refractivity contribution is 0.178. The molecule has 0 aromatic heterocycles. The highest BCUT2D eigenvalue weighted by Crippen LogP contribution is 2.25. The third-order valence-electron chi connectivity index (χ3n) is 1.87. The first-order valence-electron chi connectivity index (χ1n) is 4.28. The zero-order valence-electron chi connectivity index (χ0n) is 8.02. The van der Waals surface area contributed by atoms with Crippen molar-refractivity contribution in [3.8, 4) is 11.8 Å². The lowest BCUT2D eigenvalue weighted by atomic mass is 10.1. The smallest absolute Gasteiger partial charge is 0.142 e. The van der Waals surface area contributed by atoms with Crippen LogP contribution in [0.3, 0.4) is 0 Å². The average molecular weight is 231 g/mol. The Morgan fingerprint density at radius 3 is 2.67 bits per heavy atom. The third kappa shape index (κ3) is 2.92. The first-order chi connectivity index (χ1) is 7.06. The van der Waals surface area contributed by atoms with Crippen LogP contribution in [-0.2, 0) is 0 Å². The van der Waals surface area contributed by atoms with E-state index in [-0.39, 0.29) is 17.0 Å². The molecule has 80 valence electrons. The van der Waals surface area contributed by atoms with Crippen LogP contribution in [0.15, 0.2) is 12.1 Å². The Balaban J connectivity index is 3.01. The van der Waals surface area contributed by atoms with E-state index < -0.39 is 17.7 Å². The summed E-state index contributed by atoms with van der Waals surface area (Å²) in [7, 11) is 0. The molecule has 1 atom stereocenters. The summed E-state index contributed by atoms with van der Waals surface area (Å²) in [6.45, 7) is 1.60. The Kier molecular flexibility index (Phi) is 4.07. The van der Waals surface area contributed by atoms with Gasteiger partial charge in [-0.1, -0.05) is 11.6 Å². The topological polar surface area (TPSA) is 20.2 Å². The molecule has 0 bridgehead atoms. The molecule has 0 heterocycles. The Morgan fingerprint density at radius 2 is 2.07 bits per heavy atom. The number of aliphatic hydroxyl groups excluding tert-OH is 1. The number of halogens is 3. The minimum Gasteiger partial charge on any atom is -0.387 e. The van der Waals surface area contributed by atoms with Gasteiger partial charge >= 0.3 is 0 Å². The van der Waals surface area contributed by atoms with Crippen LogP contribution in [0.2, 0.25) is 5.02 Å². The number of benzene rings is 1. The van der Waals surface area contributed by atoms with Crippen LogP contribution < -0.4 is 0 Å². The fourth-order valence-corrected chi connectivity index (χ4v) is 1.25. The third-order valence-corrected chi connectivity index (χ3v) is 2.16. The zero-order valence-corrected chi connectivity index (χ0v) is 8.78. The number of hydrogen-bond acceptors (Lipinski definition) is 1. The van der Waals surface area contributed by atoms with Crippen molar-refractivity contribution < 1.29 is 13.9 Å². The standard InChI is InChI=1S/C11H9ClF2O/c1-2-3-4-11(15)7-5-10(14)8(12)6-9(7)13/h5-6,11,15H,4H2,1H3. The molecule has 1 rings (SSSR count). The van der Waals surface area contributed by atoms with Gasteiger partial charge in [0, 0.05) is 12.0 Å².